The maximum Gasteiger partial charge on any atom is 0.336 e. The Morgan fingerprint density at radius 2 is 1.79 bits per heavy atom. The van der Waals surface area contributed by atoms with Crippen LogP contribution in [-0.4, -0.2) is 35.6 Å². The normalized spacial score (nSPS) is 10.4. The predicted molar refractivity (Wildman–Crippen MR) is 110 cm³/mol. The number of carboxylic acids is 1. The molecule has 1 amide bonds. The van der Waals surface area contributed by atoms with Gasteiger partial charge in [0.05, 0.1) is 23.9 Å². The molecular weight excluding hydrogens is 368 g/mol. The number of aromatic nitrogens is 1. The second-order valence-electron chi connectivity index (χ2n) is 6.49. The largest absolute Gasteiger partial charge is 0.497 e. The highest BCUT2D eigenvalue weighted by molar-refractivity contribution is 5.96. The summed E-state index contributed by atoms with van der Waals surface area (Å²) in [5.41, 5.74) is 2.83. The van der Waals surface area contributed by atoms with Gasteiger partial charge in [-0.25, -0.2) is 4.79 Å². The number of ether oxygens (including phenoxy) is 1. The first-order chi connectivity index (χ1) is 14.1. The molecule has 0 radical (unpaired) electrons. The zero-order valence-corrected chi connectivity index (χ0v) is 16.1. The number of hydrogen-bond acceptors (Lipinski definition) is 4. The summed E-state index contributed by atoms with van der Waals surface area (Å²) in [5.74, 6) is -0.393. The van der Waals surface area contributed by atoms with Crippen molar-refractivity contribution in [3.05, 3.63) is 83.6 Å². The molecule has 0 saturated heterocycles. The smallest absolute Gasteiger partial charge is 0.336 e. The van der Waals surface area contributed by atoms with E-state index in [1.807, 2.05) is 24.3 Å². The highest BCUT2D eigenvalue weighted by Crippen LogP contribution is 2.22. The summed E-state index contributed by atoms with van der Waals surface area (Å²) in [6.45, 7) is 0.550. The number of benzene rings is 2. The van der Waals surface area contributed by atoms with Crippen molar-refractivity contribution in [3.8, 4) is 17.0 Å². The number of pyridine rings is 1. The first-order valence-corrected chi connectivity index (χ1v) is 9.28. The third-order valence-electron chi connectivity index (χ3n) is 4.55. The van der Waals surface area contributed by atoms with Gasteiger partial charge in [-0.3, -0.25) is 9.78 Å². The molecule has 148 valence electrons. The molecule has 3 aromatic rings. The third kappa shape index (κ3) is 5.19. The molecule has 0 atom stereocenters. The lowest BCUT2D eigenvalue weighted by molar-refractivity contribution is 0.0697. The Hall–Kier alpha value is -3.67. The number of aromatic carboxylic acids is 1. The van der Waals surface area contributed by atoms with E-state index in [1.54, 1.807) is 37.4 Å². The van der Waals surface area contributed by atoms with Gasteiger partial charge < -0.3 is 15.2 Å². The average Bonchev–Trinajstić information content (AvgIpc) is 2.77. The van der Waals surface area contributed by atoms with Crippen molar-refractivity contribution in [3.63, 3.8) is 0 Å². The van der Waals surface area contributed by atoms with Crippen LogP contribution < -0.4 is 10.1 Å². The van der Waals surface area contributed by atoms with E-state index in [0.717, 1.165) is 18.6 Å². The Balaban J connectivity index is 1.54. The molecule has 0 aliphatic rings. The van der Waals surface area contributed by atoms with Gasteiger partial charge in [0, 0.05) is 18.3 Å². The van der Waals surface area contributed by atoms with Gasteiger partial charge in [-0.2, -0.15) is 0 Å². The molecule has 0 spiro atoms. The quantitative estimate of drug-likeness (QED) is 0.571. The molecule has 0 aliphatic heterocycles. The minimum Gasteiger partial charge on any atom is -0.497 e. The van der Waals surface area contributed by atoms with Crippen molar-refractivity contribution in [2.75, 3.05) is 13.7 Å². The van der Waals surface area contributed by atoms with Crippen LogP contribution in [-0.2, 0) is 6.42 Å². The number of rotatable bonds is 8. The molecule has 2 aromatic carbocycles. The van der Waals surface area contributed by atoms with Gasteiger partial charge in [-0.05, 0) is 48.7 Å². The Morgan fingerprint density at radius 3 is 2.45 bits per heavy atom. The Morgan fingerprint density at radius 1 is 1.03 bits per heavy atom. The first-order valence-electron chi connectivity index (χ1n) is 9.28. The molecule has 0 aliphatic carbocycles. The van der Waals surface area contributed by atoms with Gasteiger partial charge in [0.25, 0.3) is 5.91 Å². The molecule has 1 heterocycles. The van der Waals surface area contributed by atoms with E-state index in [9.17, 15) is 14.7 Å². The van der Waals surface area contributed by atoms with Crippen LogP contribution in [0, 0.1) is 0 Å². The summed E-state index contributed by atoms with van der Waals surface area (Å²) in [6, 6.07) is 17.8. The van der Waals surface area contributed by atoms with E-state index in [-0.39, 0.29) is 11.5 Å². The minimum absolute atomic E-state index is 0.177. The molecule has 0 unspecified atom stereocenters. The molecule has 0 fully saturated rings. The number of aryl methyl sites for hydroxylation is 1. The van der Waals surface area contributed by atoms with Gasteiger partial charge in [-0.15, -0.1) is 0 Å². The van der Waals surface area contributed by atoms with Crippen molar-refractivity contribution in [1.82, 2.24) is 10.3 Å². The highest BCUT2D eigenvalue weighted by Gasteiger charge is 2.13. The highest BCUT2D eigenvalue weighted by atomic mass is 16.5. The van der Waals surface area contributed by atoms with Crippen LogP contribution in [0.1, 0.15) is 32.7 Å². The van der Waals surface area contributed by atoms with Crippen molar-refractivity contribution in [1.29, 1.82) is 0 Å². The fourth-order valence-corrected chi connectivity index (χ4v) is 2.97. The molecule has 0 saturated carbocycles. The standard InChI is InChI=1S/C23H22N2O4/c1-29-18-11-8-16(9-12-18)5-4-14-24-22(26)17-10-13-21(25-15-17)19-6-2-3-7-20(19)23(27)28/h2-3,6-13,15H,4-5,14H2,1H3,(H,24,26)(H,27,28). The van der Waals surface area contributed by atoms with Crippen molar-refractivity contribution < 1.29 is 19.4 Å². The van der Waals surface area contributed by atoms with Crippen LogP contribution >= 0.6 is 0 Å². The summed E-state index contributed by atoms with van der Waals surface area (Å²) in [4.78, 5) is 27.9. The number of amides is 1. The van der Waals surface area contributed by atoms with Gasteiger partial charge in [0.15, 0.2) is 0 Å². The Labute approximate surface area is 169 Å². The van der Waals surface area contributed by atoms with Gasteiger partial charge >= 0.3 is 5.97 Å². The number of hydrogen-bond donors (Lipinski definition) is 2. The van der Waals surface area contributed by atoms with E-state index < -0.39 is 5.97 Å². The van der Waals surface area contributed by atoms with Crippen LogP contribution in [0.15, 0.2) is 66.9 Å². The number of carbonyl (C=O) groups excluding carboxylic acids is 1. The molecule has 3 rings (SSSR count). The molecule has 6 heteroatoms. The van der Waals surface area contributed by atoms with Crippen molar-refractivity contribution in [2.24, 2.45) is 0 Å². The van der Waals surface area contributed by atoms with Crippen LogP contribution in [0.3, 0.4) is 0 Å². The monoisotopic (exact) mass is 390 g/mol. The lowest BCUT2D eigenvalue weighted by Gasteiger charge is -2.08. The summed E-state index contributed by atoms with van der Waals surface area (Å²) < 4.78 is 5.14. The molecule has 0 bridgehead atoms. The van der Waals surface area contributed by atoms with Crippen LogP contribution in [0.25, 0.3) is 11.3 Å². The Kier molecular flexibility index (Phi) is 6.58. The second-order valence-corrected chi connectivity index (χ2v) is 6.49. The second kappa shape index (κ2) is 9.50. The van der Waals surface area contributed by atoms with Gasteiger partial charge in [0.2, 0.25) is 0 Å². The number of nitrogens with zero attached hydrogens (tertiary/aromatic N) is 1. The zero-order valence-electron chi connectivity index (χ0n) is 16.1. The lowest BCUT2D eigenvalue weighted by Crippen LogP contribution is -2.24. The van der Waals surface area contributed by atoms with Crippen molar-refractivity contribution in [2.45, 2.75) is 12.8 Å². The van der Waals surface area contributed by atoms with Crippen LogP contribution in [0.2, 0.25) is 0 Å². The fraction of sp³-hybridized carbons (Fsp3) is 0.174. The Bertz CT molecular complexity index is 983. The molecule has 2 N–H and O–H groups in total. The van der Waals surface area contributed by atoms with E-state index in [4.69, 9.17) is 4.74 Å². The number of carbonyl (C=O) groups is 2. The van der Waals surface area contributed by atoms with E-state index >= 15 is 0 Å². The zero-order chi connectivity index (χ0) is 20.6. The molecule has 29 heavy (non-hydrogen) atoms. The van der Waals surface area contributed by atoms with E-state index in [0.29, 0.717) is 23.4 Å². The number of nitrogens with one attached hydrogen (secondary N) is 1. The topological polar surface area (TPSA) is 88.5 Å². The average molecular weight is 390 g/mol. The minimum atomic E-state index is -1.01. The fourth-order valence-electron chi connectivity index (χ4n) is 2.97. The van der Waals surface area contributed by atoms with E-state index in [1.165, 1.54) is 17.8 Å². The summed E-state index contributed by atoms with van der Waals surface area (Å²) >= 11 is 0. The SMILES string of the molecule is COc1ccc(CCCNC(=O)c2ccc(-c3ccccc3C(=O)O)nc2)cc1. The summed E-state index contributed by atoms with van der Waals surface area (Å²) in [5, 5.41) is 12.2. The maximum atomic E-state index is 12.3. The maximum absolute atomic E-state index is 12.3. The molecule has 6 nitrogen and oxygen atoms in total. The van der Waals surface area contributed by atoms with E-state index in [2.05, 4.69) is 10.3 Å². The number of methoxy groups -OCH3 is 1. The van der Waals surface area contributed by atoms with Crippen LogP contribution in [0.4, 0.5) is 0 Å². The summed E-state index contributed by atoms with van der Waals surface area (Å²) in [6.07, 6.45) is 3.13. The predicted octanol–water partition coefficient (Wildman–Crippen LogP) is 3.82. The van der Waals surface area contributed by atoms with Crippen molar-refractivity contribution >= 4 is 11.9 Å². The van der Waals surface area contributed by atoms with Gasteiger partial charge in [-0.1, -0.05) is 30.3 Å². The summed E-state index contributed by atoms with van der Waals surface area (Å²) in [7, 11) is 1.64. The molecule has 1 aromatic heterocycles. The molecular formula is C23H22N2O4. The first kappa shape index (κ1) is 20.1. The van der Waals surface area contributed by atoms with Gasteiger partial charge in [0.1, 0.15) is 5.75 Å². The number of carboxylic acid groups (broad SMARTS) is 1. The van der Waals surface area contributed by atoms with Crippen LogP contribution in [0.5, 0.6) is 5.75 Å². The third-order valence-corrected chi connectivity index (χ3v) is 4.55. The lowest BCUT2D eigenvalue weighted by atomic mass is 10.0.